The molecule has 2 aliphatic rings. The van der Waals surface area contributed by atoms with Crippen LogP contribution in [0.2, 0.25) is 0 Å². The number of rotatable bonds is 5. The van der Waals surface area contributed by atoms with Gasteiger partial charge in [0.15, 0.2) is 0 Å². The van der Waals surface area contributed by atoms with Crippen molar-refractivity contribution >= 4 is 0 Å². The van der Waals surface area contributed by atoms with Gasteiger partial charge in [-0.1, -0.05) is 13.3 Å². The van der Waals surface area contributed by atoms with Gasteiger partial charge in [-0.05, 0) is 70.6 Å². The second-order valence-corrected chi connectivity index (χ2v) is 5.63. The molecule has 2 saturated heterocycles. The van der Waals surface area contributed by atoms with E-state index in [0.29, 0.717) is 0 Å². The van der Waals surface area contributed by atoms with Crippen LogP contribution in [0, 0.1) is 5.92 Å². The number of hydrogen-bond donors (Lipinski definition) is 1. The lowest BCUT2D eigenvalue weighted by atomic mass is 9.94. The topological polar surface area (TPSA) is 15.3 Å². The summed E-state index contributed by atoms with van der Waals surface area (Å²) in [6.07, 6.45) is 9.88. The zero-order valence-electron chi connectivity index (χ0n) is 10.9. The van der Waals surface area contributed by atoms with Crippen LogP contribution < -0.4 is 5.32 Å². The summed E-state index contributed by atoms with van der Waals surface area (Å²) in [5.74, 6) is 1.02. The first-order valence-corrected chi connectivity index (χ1v) is 7.34. The predicted molar refractivity (Wildman–Crippen MR) is 69.7 cm³/mol. The van der Waals surface area contributed by atoms with Gasteiger partial charge < -0.3 is 10.2 Å². The van der Waals surface area contributed by atoms with E-state index in [9.17, 15) is 0 Å². The van der Waals surface area contributed by atoms with Crippen molar-refractivity contribution in [2.45, 2.75) is 57.9 Å². The Kier molecular flexibility index (Phi) is 5.11. The molecule has 1 unspecified atom stereocenters. The monoisotopic (exact) mass is 224 g/mol. The van der Waals surface area contributed by atoms with Crippen LogP contribution in [-0.4, -0.2) is 37.1 Å². The van der Waals surface area contributed by atoms with E-state index >= 15 is 0 Å². The molecule has 0 aliphatic carbocycles. The molecule has 1 atom stereocenters. The highest BCUT2D eigenvalue weighted by atomic mass is 15.1. The van der Waals surface area contributed by atoms with Crippen LogP contribution in [0.25, 0.3) is 0 Å². The Morgan fingerprint density at radius 2 is 2.00 bits per heavy atom. The van der Waals surface area contributed by atoms with Gasteiger partial charge in [0.05, 0.1) is 0 Å². The minimum Gasteiger partial charge on any atom is -0.314 e. The minimum atomic E-state index is 0.841. The molecule has 2 heterocycles. The van der Waals surface area contributed by atoms with Gasteiger partial charge in [0.25, 0.3) is 0 Å². The number of nitrogens with one attached hydrogen (secondary N) is 1. The lowest BCUT2D eigenvalue weighted by Crippen LogP contribution is -2.34. The lowest BCUT2D eigenvalue weighted by Gasteiger charge is -2.31. The fourth-order valence-electron chi connectivity index (χ4n) is 3.18. The molecule has 0 aromatic carbocycles. The molecule has 16 heavy (non-hydrogen) atoms. The van der Waals surface area contributed by atoms with Gasteiger partial charge in [-0.2, -0.15) is 0 Å². The summed E-state index contributed by atoms with van der Waals surface area (Å²) >= 11 is 0. The molecule has 2 nitrogen and oxygen atoms in total. The van der Waals surface area contributed by atoms with E-state index in [1.54, 1.807) is 0 Å². The third kappa shape index (κ3) is 3.74. The zero-order chi connectivity index (χ0) is 11.2. The molecule has 2 fully saturated rings. The first kappa shape index (κ1) is 12.4. The largest absolute Gasteiger partial charge is 0.314 e. The van der Waals surface area contributed by atoms with Crippen LogP contribution in [0.1, 0.15) is 51.9 Å². The van der Waals surface area contributed by atoms with Gasteiger partial charge in [0, 0.05) is 6.04 Å². The van der Waals surface area contributed by atoms with Crippen LogP contribution in [0.15, 0.2) is 0 Å². The highest BCUT2D eigenvalue weighted by Crippen LogP contribution is 2.20. The summed E-state index contributed by atoms with van der Waals surface area (Å²) in [6.45, 7) is 7.65. The maximum atomic E-state index is 3.59. The summed E-state index contributed by atoms with van der Waals surface area (Å²) < 4.78 is 0. The van der Waals surface area contributed by atoms with Crippen LogP contribution >= 0.6 is 0 Å². The lowest BCUT2D eigenvalue weighted by molar-refractivity contribution is 0.178. The molecule has 0 aromatic heterocycles. The Balaban J connectivity index is 1.53. The van der Waals surface area contributed by atoms with Gasteiger partial charge in [-0.25, -0.2) is 0 Å². The molecule has 0 radical (unpaired) electrons. The van der Waals surface area contributed by atoms with E-state index in [1.807, 2.05) is 0 Å². The number of piperidine rings is 1. The van der Waals surface area contributed by atoms with Crippen LogP contribution in [0.4, 0.5) is 0 Å². The van der Waals surface area contributed by atoms with Crippen LogP contribution in [0.3, 0.4) is 0 Å². The SMILES string of the molecule is CCC1CCN(CCCC2CCCN2)CC1. The van der Waals surface area contributed by atoms with E-state index in [1.165, 1.54) is 71.1 Å². The average Bonchev–Trinajstić information content (AvgIpc) is 2.83. The second-order valence-electron chi connectivity index (χ2n) is 5.63. The van der Waals surface area contributed by atoms with Crippen molar-refractivity contribution in [3.05, 3.63) is 0 Å². The maximum Gasteiger partial charge on any atom is 0.00680 e. The normalized spacial score (nSPS) is 28.7. The first-order valence-electron chi connectivity index (χ1n) is 7.34. The minimum absolute atomic E-state index is 0.841. The highest BCUT2D eigenvalue weighted by Gasteiger charge is 2.18. The Hall–Kier alpha value is -0.0800. The van der Waals surface area contributed by atoms with E-state index in [-0.39, 0.29) is 0 Å². The Labute approximate surface area is 101 Å². The summed E-state index contributed by atoms with van der Waals surface area (Å²) in [6, 6.07) is 0.841. The van der Waals surface area contributed by atoms with Gasteiger partial charge in [0.1, 0.15) is 0 Å². The smallest absolute Gasteiger partial charge is 0.00680 e. The third-order valence-corrected chi connectivity index (χ3v) is 4.47. The van der Waals surface area contributed by atoms with Crippen molar-refractivity contribution in [2.24, 2.45) is 5.92 Å². The summed E-state index contributed by atoms with van der Waals surface area (Å²) in [7, 11) is 0. The second kappa shape index (κ2) is 6.61. The van der Waals surface area contributed by atoms with E-state index in [0.717, 1.165) is 12.0 Å². The fourth-order valence-corrected chi connectivity index (χ4v) is 3.18. The van der Waals surface area contributed by atoms with Crippen molar-refractivity contribution in [3.63, 3.8) is 0 Å². The van der Waals surface area contributed by atoms with E-state index in [2.05, 4.69) is 17.1 Å². The van der Waals surface area contributed by atoms with E-state index in [4.69, 9.17) is 0 Å². The van der Waals surface area contributed by atoms with Gasteiger partial charge in [0.2, 0.25) is 0 Å². The first-order chi connectivity index (χ1) is 7.88. The molecule has 2 aliphatic heterocycles. The molecular formula is C14H28N2. The highest BCUT2D eigenvalue weighted by molar-refractivity contribution is 4.76. The van der Waals surface area contributed by atoms with Gasteiger partial charge >= 0.3 is 0 Å². The number of hydrogen-bond acceptors (Lipinski definition) is 2. The molecule has 94 valence electrons. The van der Waals surface area contributed by atoms with Crippen molar-refractivity contribution < 1.29 is 0 Å². The van der Waals surface area contributed by atoms with Gasteiger partial charge in [-0.15, -0.1) is 0 Å². The van der Waals surface area contributed by atoms with Crippen molar-refractivity contribution in [1.82, 2.24) is 10.2 Å². The average molecular weight is 224 g/mol. The summed E-state index contributed by atoms with van der Waals surface area (Å²) in [5.41, 5.74) is 0. The Morgan fingerprint density at radius 1 is 1.19 bits per heavy atom. The molecular weight excluding hydrogens is 196 g/mol. The van der Waals surface area contributed by atoms with Crippen molar-refractivity contribution in [2.75, 3.05) is 26.2 Å². The van der Waals surface area contributed by atoms with Crippen LogP contribution in [0.5, 0.6) is 0 Å². The fraction of sp³-hybridized carbons (Fsp3) is 1.00. The van der Waals surface area contributed by atoms with Crippen molar-refractivity contribution in [1.29, 1.82) is 0 Å². The standard InChI is InChI=1S/C14H28N2/c1-2-13-7-11-16(12-8-13)10-4-6-14-5-3-9-15-14/h13-15H,2-12H2,1H3. The van der Waals surface area contributed by atoms with Crippen LogP contribution in [-0.2, 0) is 0 Å². The van der Waals surface area contributed by atoms with E-state index < -0.39 is 0 Å². The molecule has 2 heteroatoms. The zero-order valence-corrected chi connectivity index (χ0v) is 10.9. The quantitative estimate of drug-likeness (QED) is 0.772. The molecule has 0 bridgehead atoms. The molecule has 0 saturated carbocycles. The Bertz CT molecular complexity index is 179. The third-order valence-electron chi connectivity index (χ3n) is 4.47. The number of likely N-dealkylation sites (tertiary alicyclic amines) is 1. The summed E-state index contributed by atoms with van der Waals surface area (Å²) in [5, 5.41) is 3.59. The predicted octanol–water partition coefficient (Wildman–Crippen LogP) is 2.64. The van der Waals surface area contributed by atoms with Gasteiger partial charge in [-0.3, -0.25) is 0 Å². The molecule has 0 aromatic rings. The molecule has 0 amide bonds. The maximum absolute atomic E-state index is 3.59. The molecule has 0 spiro atoms. The number of nitrogens with zero attached hydrogens (tertiary/aromatic N) is 1. The van der Waals surface area contributed by atoms with Crippen molar-refractivity contribution in [3.8, 4) is 0 Å². The Morgan fingerprint density at radius 3 is 2.62 bits per heavy atom. The molecule has 1 N–H and O–H groups in total. The summed E-state index contributed by atoms with van der Waals surface area (Å²) in [4.78, 5) is 2.68. The molecule has 2 rings (SSSR count).